The standard InChI is InChI=1S/C23H26N4O3S2/c1-2-27(19-8-4-3-5-9-19)32(29,30)20-12-10-17(11-13-20)22(28)26-23-25-21(16-31-23)18-7-6-14-24-15-18/h6-7,10-16,19H,2-5,8-9H2,1H3,(H,25,26,28). The molecule has 1 aliphatic rings. The highest BCUT2D eigenvalue weighted by Crippen LogP contribution is 2.28. The molecule has 1 N–H and O–H groups in total. The molecule has 0 saturated heterocycles. The van der Waals surface area contributed by atoms with Crippen LogP contribution >= 0.6 is 11.3 Å². The summed E-state index contributed by atoms with van der Waals surface area (Å²) in [6.45, 7) is 2.32. The Morgan fingerprint density at radius 3 is 2.56 bits per heavy atom. The maximum atomic E-state index is 13.2. The summed E-state index contributed by atoms with van der Waals surface area (Å²) in [6.07, 6.45) is 8.51. The van der Waals surface area contributed by atoms with Gasteiger partial charge in [0.1, 0.15) is 0 Å². The molecule has 1 aliphatic carbocycles. The van der Waals surface area contributed by atoms with Gasteiger partial charge in [-0.15, -0.1) is 11.3 Å². The number of aromatic nitrogens is 2. The molecule has 0 radical (unpaired) electrons. The summed E-state index contributed by atoms with van der Waals surface area (Å²) in [5.74, 6) is -0.333. The fraction of sp³-hybridized carbons (Fsp3) is 0.348. The van der Waals surface area contributed by atoms with Crippen molar-refractivity contribution >= 4 is 32.4 Å². The molecular weight excluding hydrogens is 444 g/mol. The van der Waals surface area contributed by atoms with E-state index >= 15 is 0 Å². The zero-order valence-electron chi connectivity index (χ0n) is 17.9. The highest BCUT2D eigenvalue weighted by Gasteiger charge is 2.31. The number of hydrogen-bond donors (Lipinski definition) is 1. The van der Waals surface area contributed by atoms with Crippen molar-refractivity contribution in [2.75, 3.05) is 11.9 Å². The molecule has 0 spiro atoms. The first-order chi connectivity index (χ1) is 15.5. The van der Waals surface area contributed by atoms with Gasteiger partial charge in [-0.25, -0.2) is 13.4 Å². The number of nitrogens with zero attached hydrogens (tertiary/aromatic N) is 3. The Kier molecular flexibility index (Phi) is 6.98. The second-order valence-corrected chi connectivity index (χ2v) is 10.5. The number of nitrogens with one attached hydrogen (secondary N) is 1. The van der Waals surface area contributed by atoms with Crippen molar-refractivity contribution in [2.24, 2.45) is 0 Å². The molecule has 9 heteroatoms. The minimum atomic E-state index is -3.59. The molecule has 4 rings (SSSR count). The van der Waals surface area contributed by atoms with Crippen molar-refractivity contribution in [3.63, 3.8) is 0 Å². The van der Waals surface area contributed by atoms with E-state index in [2.05, 4.69) is 15.3 Å². The Hall–Kier alpha value is -2.62. The number of pyridine rings is 1. The third kappa shape index (κ3) is 4.90. The summed E-state index contributed by atoms with van der Waals surface area (Å²) in [4.78, 5) is 21.4. The van der Waals surface area contributed by atoms with Crippen molar-refractivity contribution in [3.8, 4) is 11.3 Å². The lowest BCUT2D eigenvalue weighted by Crippen LogP contribution is -2.41. The van der Waals surface area contributed by atoms with E-state index in [0.29, 0.717) is 17.2 Å². The van der Waals surface area contributed by atoms with Crippen LogP contribution in [0, 0.1) is 0 Å². The first-order valence-electron chi connectivity index (χ1n) is 10.8. The van der Waals surface area contributed by atoms with Gasteiger partial charge in [-0.05, 0) is 49.2 Å². The van der Waals surface area contributed by atoms with E-state index in [1.165, 1.54) is 29.9 Å². The van der Waals surface area contributed by atoms with Crippen molar-refractivity contribution in [1.82, 2.24) is 14.3 Å². The average Bonchev–Trinajstić information content (AvgIpc) is 3.29. The molecule has 3 aromatic rings. The van der Waals surface area contributed by atoms with Crippen molar-refractivity contribution < 1.29 is 13.2 Å². The number of amides is 1. The van der Waals surface area contributed by atoms with Crippen molar-refractivity contribution in [3.05, 3.63) is 59.7 Å². The minimum Gasteiger partial charge on any atom is -0.298 e. The van der Waals surface area contributed by atoms with Crippen LogP contribution in [0.5, 0.6) is 0 Å². The van der Waals surface area contributed by atoms with Crippen LogP contribution in [0.4, 0.5) is 5.13 Å². The third-order valence-electron chi connectivity index (χ3n) is 5.70. The molecule has 2 heterocycles. The van der Waals surface area contributed by atoms with Gasteiger partial charge < -0.3 is 0 Å². The molecular formula is C23H26N4O3S2. The molecule has 1 saturated carbocycles. The number of anilines is 1. The Bertz CT molecular complexity index is 1160. The molecule has 1 aromatic carbocycles. The monoisotopic (exact) mass is 470 g/mol. The highest BCUT2D eigenvalue weighted by atomic mass is 32.2. The number of benzene rings is 1. The Morgan fingerprint density at radius 2 is 1.91 bits per heavy atom. The number of thiazole rings is 1. The molecule has 1 fully saturated rings. The molecule has 0 atom stereocenters. The first-order valence-corrected chi connectivity index (χ1v) is 13.1. The number of rotatable bonds is 7. The van der Waals surface area contributed by atoms with Gasteiger partial charge in [-0.3, -0.25) is 15.1 Å². The topological polar surface area (TPSA) is 92.3 Å². The second-order valence-electron chi connectivity index (χ2n) is 7.76. The molecule has 0 aliphatic heterocycles. The summed E-state index contributed by atoms with van der Waals surface area (Å²) in [6, 6.07) is 9.91. The summed E-state index contributed by atoms with van der Waals surface area (Å²) in [7, 11) is -3.59. The second kappa shape index (κ2) is 9.89. The van der Waals surface area contributed by atoms with E-state index in [1.54, 1.807) is 28.8 Å². The van der Waals surface area contributed by atoms with E-state index in [1.807, 2.05) is 24.4 Å². The number of carbonyl (C=O) groups excluding carboxylic acids is 1. The van der Waals surface area contributed by atoms with Gasteiger partial charge in [-0.1, -0.05) is 26.2 Å². The van der Waals surface area contributed by atoms with E-state index < -0.39 is 10.0 Å². The predicted molar refractivity (Wildman–Crippen MR) is 126 cm³/mol. The van der Waals surface area contributed by atoms with Gasteiger partial charge in [0.25, 0.3) is 5.91 Å². The van der Waals surface area contributed by atoms with Crippen molar-refractivity contribution in [2.45, 2.75) is 50.0 Å². The largest absolute Gasteiger partial charge is 0.298 e. The zero-order valence-corrected chi connectivity index (χ0v) is 19.5. The highest BCUT2D eigenvalue weighted by molar-refractivity contribution is 7.89. The lowest BCUT2D eigenvalue weighted by atomic mass is 9.95. The van der Waals surface area contributed by atoms with Crippen LogP contribution in [0.2, 0.25) is 0 Å². The van der Waals surface area contributed by atoms with Gasteiger partial charge in [0.15, 0.2) is 5.13 Å². The summed E-state index contributed by atoms with van der Waals surface area (Å²) < 4.78 is 28.0. The number of sulfonamides is 1. The third-order valence-corrected chi connectivity index (χ3v) is 8.50. The van der Waals surface area contributed by atoms with E-state index in [-0.39, 0.29) is 16.8 Å². The molecule has 0 bridgehead atoms. The van der Waals surface area contributed by atoms with E-state index in [4.69, 9.17) is 0 Å². The zero-order chi connectivity index (χ0) is 22.6. The van der Waals surface area contributed by atoms with Gasteiger partial charge >= 0.3 is 0 Å². The summed E-state index contributed by atoms with van der Waals surface area (Å²) in [5.41, 5.74) is 1.99. The molecule has 7 nitrogen and oxygen atoms in total. The average molecular weight is 471 g/mol. The van der Waals surface area contributed by atoms with E-state index in [9.17, 15) is 13.2 Å². The smallest absolute Gasteiger partial charge is 0.257 e. The van der Waals surface area contributed by atoms with Crippen LogP contribution in [0.25, 0.3) is 11.3 Å². The maximum Gasteiger partial charge on any atom is 0.257 e. The number of hydrogen-bond acceptors (Lipinski definition) is 6. The Balaban J connectivity index is 1.46. The van der Waals surface area contributed by atoms with Gasteiger partial charge in [0.05, 0.1) is 10.6 Å². The van der Waals surface area contributed by atoms with Crippen LogP contribution in [0.3, 0.4) is 0 Å². The fourth-order valence-electron chi connectivity index (χ4n) is 4.05. The quantitative estimate of drug-likeness (QED) is 0.535. The molecule has 168 valence electrons. The van der Waals surface area contributed by atoms with Gasteiger partial charge in [0.2, 0.25) is 10.0 Å². The lowest BCUT2D eigenvalue weighted by Gasteiger charge is -2.32. The SMILES string of the molecule is CCN(C1CCCCC1)S(=O)(=O)c1ccc(C(=O)Nc2nc(-c3cccnc3)cs2)cc1. The van der Waals surface area contributed by atoms with Crippen LogP contribution in [-0.2, 0) is 10.0 Å². The predicted octanol–water partition coefficient (Wildman–Crippen LogP) is 4.80. The summed E-state index contributed by atoms with van der Waals surface area (Å²) in [5, 5.41) is 5.11. The molecule has 2 aromatic heterocycles. The fourth-order valence-corrected chi connectivity index (χ4v) is 6.46. The molecule has 32 heavy (non-hydrogen) atoms. The van der Waals surface area contributed by atoms with Crippen LogP contribution in [-0.4, -0.2) is 41.2 Å². The number of carbonyl (C=O) groups is 1. The van der Waals surface area contributed by atoms with Crippen LogP contribution in [0.1, 0.15) is 49.4 Å². The van der Waals surface area contributed by atoms with Crippen LogP contribution < -0.4 is 5.32 Å². The Labute approximate surface area is 192 Å². The van der Waals surface area contributed by atoms with Gasteiger partial charge in [-0.2, -0.15) is 4.31 Å². The Morgan fingerprint density at radius 1 is 1.16 bits per heavy atom. The molecule has 1 amide bonds. The first kappa shape index (κ1) is 22.6. The summed E-state index contributed by atoms with van der Waals surface area (Å²) >= 11 is 1.32. The van der Waals surface area contributed by atoms with Gasteiger partial charge in [0, 0.05) is 41.5 Å². The molecule has 0 unspecified atom stereocenters. The minimum absolute atomic E-state index is 0.0561. The van der Waals surface area contributed by atoms with Crippen molar-refractivity contribution in [1.29, 1.82) is 0 Å². The van der Waals surface area contributed by atoms with E-state index in [0.717, 1.165) is 36.9 Å². The maximum absolute atomic E-state index is 13.2. The van der Waals surface area contributed by atoms with Crippen LogP contribution in [0.15, 0.2) is 59.1 Å². The lowest BCUT2D eigenvalue weighted by molar-refractivity contribution is 0.102. The normalized spacial score (nSPS) is 15.1.